The molecule has 1 aliphatic rings. The van der Waals surface area contributed by atoms with Crippen LogP contribution in [0.25, 0.3) is 0 Å². The summed E-state index contributed by atoms with van der Waals surface area (Å²) in [7, 11) is 1.75. The highest BCUT2D eigenvalue weighted by atomic mass is 16.5. The van der Waals surface area contributed by atoms with E-state index in [0.29, 0.717) is 5.56 Å². The zero-order chi connectivity index (χ0) is 13.0. The molecule has 1 saturated carbocycles. The van der Waals surface area contributed by atoms with Gasteiger partial charge in [-0.3, -0.25) is 4.79 Å². The monoisotopic (exact) mass is 248 g/mol. The minimum absolute atomic E-state index is 0.156. The Labute approximate surface area is 108 Å². The van der Waals surface area contributed by atoms with Gasteiger partial charge >= 0.3 is 0 Å². The Kier molecular flexibility index (Phi) is 4.37. The molecule has 0 radical (unpaired) electrons. The lowest BCUT2D eigenvalue weighted by Gasteiger charge is -2.29. The van der Waals surface area contributed by atoms with E-state index in [4.69, 9.17) is 9.47 Å². The van der Waals surface area contributed by atoms with Crippen molar-refractivity contribution in [2.75, 3.05) is 7.11 Å². The minimum Gasteiger partial charge on any atom is -0.489 e. The molecule has 1 aromatic rings. The molecule has 1 aromatic carbocycles. The molecule has 98 valence electrons. The Bertz CT molecular complexity index is 414. The maximum Gasteiger partial charge on any atom is 0.153 e. The van der Waals surface area contributed by atoms with E-state index in [1.165, 1.54) is 0 Å². The third-order valence-corrected chi connectivity index (χ3v) is 3.57. The molecule has 0 aromatic heterocycles. The van der Waals surface area contributed by atoms with Crippen molar-refractivity contribution in [1.82, 2.24) is 0 Å². The van der Waals surface area contributed by atoms with Crippen LogP contribution >= 0.6 is 0 Å². The summed E-state index contributed by atoms with van der Waals surface area (Å²) in [6.45, 7) is 1.97. The second-order valence-electron chi connectivity index (χ2n) is 4.88. The summed E-state index contributed by atoms with van der Waals surface area (Å²) in [5.74, 6) is 0.731. The van der Waals surface area contributed by atoms with E-state index in [0.717, 1.165) is 43.3 Å². The van der Waals surface area contributed by atoms with Crippen molar-refractivity contribution in [3.05, 3.63) is 29.3 Å². The molecule has 0 amide bonds. The number of para-hydroxylation sites is 1. The Morgan fingerprint density at radius 1 is 1.28 bits per heavy atom. The standard InChI is InChI=1S/C15H20O3/c1-11-5-3-6-12(10-16)15(11)18-14-8-4-7-13(9-14)17-2/h3,5-6,10,13-14H,4,7-9H2,1-2H3. The van der Waals surface area contributed by atoms with Gasteiger partial charge in [0.2, 0.25) is 0 Å². The Morgan fingerprint density at radius 2 is 2.06 bits per heavy atom. The van der Waals surface area contributed by atoms with Crippen LogP contribution in [0.2, 0.25) is 0 Å². The van der Waals surface area contributed by atoms with Crippen molar-refractivity contribution >= 4 is 6.29 Å². The van der Waals surface area contributed by atoms with E-state index in [1.807, 2.05) is 19.1 Å². The van der Waals surface area contributed by atoms with Gasteiger partial charge in [0.15, 0.2) is 6.29 Å². The number of carbonyl (C=O) groups is 1. The predicted octanol–water partition coefficient (Wildman–Crippen LogP) is 3.14. The van der Waals surface area contributed by atoms with Crippen molar-refractivity contribution < 1.29 is 14.3 Å². The van der Waals surface area contributed by atoms with Crippen LogP contribution in [0.3, 0.4) is 0 Å². The number of aryl methyl sites for hydroxylation is 1. The zero-order valence-corrected chi connectivity index (χ0v) is 11.0. The van der Waals surface area contributed by atoms with Crippen LogP contribution in [0.1, 0.15) is 41.6 Å². The van der Waals surface area contributed by atoms with Gasteiger partial charge in [0, 0.05) is 13.5 Å². The molecule has 0 heterocycles. The second-order valence-corrected chi connectivity index (χ2v) is 4.88. The average molecular weight is 248 g/mol. The first-order valence-corrected chi connectivity index (χ1v) is 6.49. The number of hydrogen-bond acceptors (Lipinski definition) is 3. The van der Waals surface area contributed by atoms with E-state index < -0.39 is 0 Å². The fourth-order valence-electron chi connectivity index (χ4n) is 2.52. The van der Waals surface area contributed by atoms with Crippen LogP contribution in [0.5, 0.6) is 5.75 Å². The van der Waals surface area contributed by atoms with Crippen LogP contribution in [0.15, 0.2) is 18.2 Å². The first kappa shape index (κ1) is 13.1. The summed E-state index contributed by atoms with van der Waals surface area (Å²) >= 11 is 0. The fourth-order valence-corrected chi connectivity index (χ4v) is 2.52. The van der Waals surface area contributed by atoms with Crippen molar-refractivity contribution in [2.24, 2.45) is 0 Å². The van der Waals surface area contributed by atoms with Gasteiger partial charge < -0.3 is 9.47 Å². The number of carbonyl (C=O) groups excluding carboxylic acids is 1. The summed E-state index contributed by atoms with van der Waals surface area (Å²) in [6, 6.07) is 5.65. The van der Waals surface area contributed by atoms with Gasteiger partial charge in [0.25, 0.3) is 0 Å². The third kappa shape index (κ3) is 2.91. The number of benzene rings is 1. The quantitative estimate of drug-likeness (QED) is 0.768. The van der Waals surface area contributed by atoms with Crippen LogP contribution in [0.4, 0.5) is 0 Å². The van der Waals surface area contributed by atoms with Gasteiger partial charge in [-0.05, 0) is 37.8 Å². The maximum absolute atomic E-state index is 11.0. The largest absolute Gasteiger partial charge is 0.489 e. The molecule has 2 atom stereocenters. The van der Waals surface area contributed by atoms with E-state index in [-0.39, 0.29) is 12.2 Å². The number of ether oxygens (including phenoxy) is 2. The van der Waals surface area contributed by atoms with E-state index in [2.05, 4.69) is 0 Å². The molecule has 0 aliphatic heterocycles. The summed E-state index contributed by atoms with van der Waals surface area (Å²) in [4.78, 5) is 11.0. The van der Waals surface area contributed by atoms with Crippen LogP contribution < -0.4 is 4.74 Å². The summed E-state index contributed by atoms with van der Waals surface area (Å²) in [6.07, 6.45) is 5.46. The molecule has 0 N–H and O–H groups in total. The Morgan fingerprint density at radius 3 is 2.78 bits per heavy atom. The lowest BCUT2D eigenvalue weighted by atomic mass is 9.94. The Hall–Kier alpha value is -1.35. The van der Waals surface area contributed by atoms with Crippen LogP contribution in [0, 0.1) is 6.92 Å². The fraction of sp³-hybridized carbons (Fsp3) is 0.533. The normalized spacial score (nSPS) is 23.7. The molecule has 2 rings (SSSR count). The van der Waals surface area contributed by atoms with Gasteiger partial charge in [-0.15, -0.1) is 0 Å². The van der Waals surface area contributed by atoms with E-state index in [9.17, 15) is 4.79 Å². The number of rotatable bonds is 4. The van der Waals surface area contributed by atoms with Crippen molar-refractivity contribution in [3.8, 4) is 5.75 Å². The molecule has 0 bridgehead atoms. The lowest BCUT2D eigenvalue weighted by molar-refractivity contribution is 0.0206. The zero-order valence-electron chi connectivity index (χ0n) is 11.0. The average Bonchev–Trinajstić information content (AvgIpc) is 2.41. The molecular formula is C15H20O3. The smallest absolute Gasteiger partial charge is 0.153 e. The molecule has 0 saturated heterocycles. The minimum atomic E-state index is 0.156. The van der Waals surface area contributed by atoms with E-state index in [1.54, 1.807) is 13.2 Å². The second kappa shape index (κ2) is 6.01. The van der Waals surface area contributed by atoms with E-state index >= 15 is 0 Å². The molecule has 3 nitrogen and oxygen atoms in total. The van der Waals surface area contributed by atoms with Gasteiger partial charge in [-0.2, -0.15) is 0 Å². The molecule has 1 aliphatic carbocycles. The lowest BCUT2D eigenvalue weighted by Crippen LogP contribution is -2.29. The first-order valence-electron chi connectivity index (χ1n) is 6.49. The topological polar surface area (TPSA) is 35.5 Å². The van der Waals surface area contributed by atoms with Gasteiger partial charge in [-0.25, -0.2) is 0 Å². The third-order valence-electron chi connectivity index (χ3n) is 3.57. The molecule has 18 heavy (non-hydrogen) atoms. The SMILES string of the molecule is COC1CCCC(Oc2c(C)cccc2C=O)C1. The molecule has 0 spiro atoms. The summed E-state index contributed by atoms with van der Waals surface area (Å²) < 4.78 is 11.4. The Balaban J connectivity index is 2.11. The highest BCUT2D eigenvalue weighted by molar-refractivity contribution is 5.80. The van der Waals surface area contributed by atoms with Crippen molar-refractivity contribution in [3.63, 3.8) is 0 Å². The highest BCUT2D eigenvalue weighted by Gasteiger charge is 2.24. The highest BCUT2D eigenvalue weighted by Crippen LogP contribution is 2.29. The summed E-state index contributed by atoms with van der Waals surface area (Å²) in [5, 5.41) is 0. The van der Waals surface area contributed by atoms with Gasteiger partial charge in [0.05, 0.1) is 11.7 Å². The molecule has 2 unspecified atom stereocenters. The van der Waals surface area contributed by atoms with Gasteiger partial charge in [-0.1, -0.05) is 12.1 Å². The molecular weight excluding hydrogens is 228 g/mol. The number of aldehydes is 1. The van der Waals surface area contributed by atoms with Crippen molar-refractivity contribution in [1.29, 1.82) is 0 Å². The first-order chi connectivity index (χ1) is 8.74. The van der Waals surface area contributed by atoms with Crippen LogP contribution in [-0.4, -0.2) is 25.6 Å². The summed E-state index contributed by atoms with van der Waals surface area (Å²) in [5.41, 5.74) is 1.65. The number of hydrogen-bond donors (Lipinski definition) is 0. The predicted molar refractivity (Wildman–Crippen MR) is 70.2 cm³/mol. The van der Waals surface area contributed by atoms with Crippen LogP contribution in [-0.2, 0) is 4.74 Å². The molecule has 3 heteroatoms. The maximum atomic E-state index is 11.0. The van der Waals surface area contributed by atoms with Gasteiger partial charge in [0.1, 0.15) is 11.9 Å². The molecule has 1 fully saturated rings. The van der Waals surface area contributed by atoms with Crippen molar-refractivity contribution in [2.45, 2.75) is 44.8 Å². The number of methoxy groups -OCH3 is 1.